The summed E-state index contributed by atoms with van der Waals surface area (Å²) >= 11 is 4.41. The molecule has 0 aromatic carbocycles. The Balaban J connectivity index is 1.75. The molecule has 0 N–H and O–H groups in total. The van der Waals surface area contributed by atoms with Gasteiger partial charge in [-0.05, 0) is 19.8 Å². The number of hydrogen-bond donors (Lipinski definition) is 1. The zero-order chi connectivity index (χ0) is 23.4. The lowest BCUT2D eigenvalue weighted by molar-refractivity contribution is -0.146. The van der Waals surface area contributed by atoms with Crippen LogP contribution in [0.15, 0.2) is 0 Å². The number of nitrogens with zero attached hydrogens (tertiary/aromatic N) is 1. The third-order valence-corrected chi connectivity index (χ3v) is 4.98. The highest BCUT2D eigenvalue weighted by Gasteiger charge is 2.21. The first-order valence-corrected chi connectivity index (χ1v) is 11.6. The smallest absolute Gasteiger partial charge is 0.409 e. The monoisotopic (exact) mass is 479 g/mol. The highest BCUT2D eigenvalue weighted by Crippen LogP contribution is 2.15. The van der Waals surface area contributed by atoms with Gasteiger partial charge in [-0.3, -0.25) is 4.79 Å². The summed E-state index contributed by atoms with van der Waals surface area (Å²) in [4.78, 5) is 35.6. The lowest BCUT2D eigenvalue weighted by Gasteiger charge is -2.28. The maximum atomic E-state index is 11.9. The number of esters is 1. The number of Topliss-reactive ketones (excluding diaryl/α,β-unsaturated/α-hetero) is 1. The van der Waals surface area contributed by atoms with E-state index in [0.29, 0.717) is 64.6 Å². The van der Waals surface area contributed by atoms with E-state index in [1.807, 2.05) is 0 Å². The molecule has 0 unspecified atom stereocenters. The Hall–Kier alpha value is -1.40. The number of amides is 1. The number of thiol groups is 1. The van der Waals surface area contributed by atoms with Gasteiger partial charge in [-0.15, -0.1) is 0 Å². The molecule has 0 bridgehead atoms. The lowest BCUT2D eigenvalue weighted by atomic mass is 10.1. The van der Waals surface area contributed by atoms with Crippen molar-refractivity contribution in [2.75, 3.05) is 79.2 Å². The summed E-state index contributed by atoms with van der Waals surface area (Å²) < 4.78 is 31.5. The predicted molar refractivity (Wildman–Crippen MR) is 119 cm³/mol. The molecule has 0 atom stereocenters. The van der Waals surface area contributed by atoms with Crippen LogP contribution in [-0.2, 0) is 38.0 Å². The molecular formula is C21H37NO9S. The van der Waals surface area contributed by atoms with E-state index in [1.165, 1.54) is 6.92 Å². The zero-order valence-corrected chi connectivity index (χ0v) is 19.9. The second kappa shape index (κ2) is 19.1. The maximum absolute atomic E-state index is 11.9. The van der Waals surface area contributed by atoms with Crippen LogP contribution in [0.4, 0.5) is 4.79 Å². The van der Waals surface area contributed by atoms with Crippen LogP contribution in [-0.4, -0.2) is 107 Å². The molecule has 186 valence electrons. The number of likely N-dealkylation sites (tertiary alicyclic amines) is 1. The fourth-order valence-electron chi connectivity index (χ4n) is 2.65. The van der Waals surface area contributed by atoms with Crippen molar-refractivity contribution in [2.24, 2.45) is 0 Å². The normalized spacial score (nSPS) is 14.4. The molecule has 0 saturated carbocycles. The highest BCUT2D eigenvalue weighted by molar-refractivity contribution is 7.80. The van der Waals surface area contributed by atoms with Crippen molar-refractivity contribution in [3.63, 3.8) is 0 Å². The minimum absolute atomic E-state index is 0.0366. The second-order valence-electron chi connectivity index (χ2n) is 7.20. The number of piperidine rings is 1. The van der Waals surface area contributed by atoms with Gasteiger partial charge in [0.15, 0.2) is 0 Å². The topological polar surface area (TPSA) is 110 Å². The molecule has 1 saturated heterocycles. The molecule has 10 nitrogen and oxygen atoms in total. The van der Waals surface area contributed by atoms with Crippen molar-refractivity contribution >= 4 is 30.5 Å². The largest absolute Gasteiger partial charge is 0.463 e. The SMILES string of the molecule is CC(=O)CCC(=O)OCCOCCOCCOCCOCCOC(=O)N1CCC(S)CC1. The van der Waals surface area contributed by atoms with Crippen LogP contribution < -0.4 is 0 Å². The molecule has 0 radical (unpaired) electrons. The average Bonchev–Trinajstić information content (AvgIpc) is 2.77. The number of carbonyl (C=O) groups excluding carboxylic acids is 3. The summed E-state index contributed by atoms with van der Waals surface area (Å²) in [5.41, 5.74) is 0. The second-order valence-corrected chi connectivity index (χ2v) is 7.93. The van der Waals surface area contributed by atoms with E-state index in [0.717, 1.165) is 12.8 Å². The van der Waals surface area contributed by atoms with E-state index >= 15 is 0 Å². The van der Waals surface area contributed by atoms with Gasteiger partial charge in [-0.2, -0.15) is 12.6 Å². The molecule has 1 aliphatic heterocycles. The van der Waals surface area contributed by atoms with Crippen LogP contribution in [0.3, 0.4) is 0 Å². The molecular weight excluding hydrogens is 442 g/mol. The molecule has 0 aromatic heterocycles. The summed E-state index contributed by atoms with van der Waals surface area (Å²) in [5, 5.41) is 0.370. The summed E-state index contributed by atoms with van der Waals surface area (Å²) in [6.07, 6.45) is 1.80. The fraction of sp³-hybridized carbons (Fsp3) is 0.857. The van der Waals surface area contributed by atoms with Crippen LogP contribution in [0.1, 0.15) is 32.6 Å². The first-order valence-electron chi connectivity index (χ1n) is 11.0. The number of ketones is 1. The van der Waals surface area contributed by atoms with Crippen LogP contribution in [0.25, 0.3) is 0 Å². The standard InChI is InChI=1S/C21H37NO9S/c1-18(23)2-3-20(24)30-16-14-28-12-10-26-8-9-27-11-13-29-15-17-31-21(25)22-6-4-19(32)5-7-22/h19,32H,2-17H2,1H3. The molecule has 0 aromatic rings. The quantitative estimate of drug-likeness (QED) is 0.178. The fourth-order valence-corrected chi connectivity index (χ4v) is 2.89. The number of carbonyl (C=O) groups is 3. The van der Waals surface area contributed by atoms with Gasteiger partial charge in [0.25, 0.3) is 0 Å². The predicted octanol–water partition coefficient (Wildman–Crippen LogP) is 1.50. The highest BCUT2D eigenvalue weighted by atomic mass is 32.1. The molecule has 11 heteroatoms. The summed E-state index contributed by atoms with van der Waals surface area (Å²) in [7, 11) is 0. The van der Waals surface area contributed by atoms with Gasteiger partial charge in [0.2, 0.25) is 0 Å². The Morgan fingerprint density at radius 1 is 0.719 bits per heavy atom. The minimum atomic E-state index is -0.396. The molecule has 1 rings (SSSR count). The summed E-state index contributed by atoms with van der Waals surface area (Å²) in [6, 6.07) is 0. The summed E-state index contributed by atoms with van der Waals surface area (Å²) in [6.45, 7) is 6.33. The molecule has 32 heavy (non-hydrogen) atoms. The van der Waals surface area contributed by atoms with Crippen LogP contribution in [0, 0.1) is 0 Å². The van der Waals surface area contributed by atoms with Gasteiger partial charge in [-0.1, -0.05) is 0 Å². The van der Waals surface area contributed by atoms with E-state index in [-0.39, 0.29) is 44.5 Å². The van der Waals surface area contributed by atoms with Crippen LogP contribution >= 0.6 is 12.6 Å². The Kier molecular flexibility index (Phi) is 17.1. The van der Waals surface area contributed by atoms with Gasteiger partial charge < -0.3 is 38.1 Å². The van der Waals surface area contributed by atoms with E-state index in [2.05, 4.69) is 12.6 Å². The van der Waals surface area contributed by atoms with Gasteiger partial charge in [0, 0.05) is 24.8 Å². The van der Waals surface area contributed by atoms with Gasteiger partial charge >= 0.3 is 12.1 Å². The van der Waals surface area contributed by atoms with Crippen molar-refractivity contribution in [3.8, 4) is 0 Å². The molecule has 1 heterocycles. The summed E-state index contributed by atoms with van der Waals surface area (Å²) in [5.74, 6) is -0.433. The molecule has 0 aliphatic carbocycles. The lowest BCUT2D eigenvalue weighted by Crippen LogP contribution is -2.39. The number of hydrogen-bond acceptors (Lipinski definition) is 10. The average molecular weight is 480 g/mol. The van der Waals surface area contributed by atoms with Crippen molar-refractivity contribution in [1.82, 2.24) is 4.90 Å². The third kappa shape index (κ3) is 16.3. The molecule has 0 spiro atoms. The van der Waals surface area contributed by atoms with E-state index < -0.39 is 5.97 Å². The minimum Gasteiger partial charge on any atom is -0.463 e. The van der Waals surface area contributed by atoms with E-state index in [1.54, 1.807) is 4.90 Å². The van der Waals surface area contributed by atoms with E-state index in [4.69, 9.17) is 28.4 Å². The molecule has 1 amide bonds. The van der Waals surface area contributed by atoms with Crippen molar-refractivity contribution < 1.29 is 42.8 Å². The first kappa shape index (κ1) is 28.6. The molecule has 1 fully saturated rings. The Morgan fingerprint density at radius 2 is 1.16 bits per heavy atom. The van der Waals surface area contributed by atoms with Gasteiger partial charge in [-0.25, -0.2) is 4.79 Å². The first-order chi connectivity index (χ1) is 15.5. The van der Waals surface area contributed by atoms with E-state index in [9.17, 15) is 14.4 Å². The Morgan fingerprint density at radius 3 is 1.62 bits per heavy atom. The number of ether oxygens (including phenoxy) is 6. The van der Waals surface area contributed by atoms with Crippen molar-refractivity contribution in [3.05, 3.63) is 0 Å². The maximum Gasteiger partial charge on any atom is 0.409 e. The van der Waals surface area contributed by atoms with Crippen molar-refractivity contribution in [2.45, 2.75) is 37.9 Å². The van der Waals surface area contributed by atoms with Crippen LogP contribution in [0.2, 0.25) is 0 Å². The Bertz CT molecular complexity index is 527. The number of rotatable bonds is 18. The van der Waals surface area contributed by atoms with Gasteiger partial charge in [0.1, 0.15) is 19.0 Å². The van der Waals surface area contributed by atoms with Crippen LogP contribution in [0.5, 0.6) is 0 Å². The Labute approximate surface area is 195 Å². The zero-order valence-electron chi connectivity index (χ0n) is 19.0. The third-order valence-electron chi connectivity index (χ3n) is 4.46. The van der Waals surface area contributed by atoms with Crippen molar-refractivity contribution in [1.29, 1.82) is 0 Å². The molecule has 1 aliphatic rings. The van der Waals surface area contributed by atoms with Gasteiger partial charge in [0.05, 0.1) is 59.3 Å².